The zero-order chi connectivity index (χ0) is 26.2. The highest BCUT2D eigenvalue weighted by molar-refractivity contribution is 7.88. The summed E-state index contributed by atoms with van der Waals surface area (Å²) in [5, 5.41) is 10.8. The molecule has 0 spiro atoms. The maximum atomic E-state index is 13.0. The summed E-state index contributed by atoms with van der Waals surface area (Å²) in [6, 6.07) is 16.1. The Hall–Kier alpha value is -3.61. The number of aromatic nitrogens is 3. The van der Waals surface area contributed by atoms with Gasteiger partial charge in [-0.25, -0.2) is 13.5 Å². The molecule has 1 fully saturated rings. The van der Waals surface area contributed by atoms with Gasteiger partial charge in [-0.2, -0.15) is 9.40 Å². The van der Waals surface area contributed by atoms with Gasteiger partial charge in [-0.15, -0.1) is 0 Å². The number of fused-ring (bicyclic) bond motifs is 1. The third-order valence-electron chi connectivity index (χ3n) is 6.28. The number of nitrogens with zero attached hydrogens (tertiary/aromatic N) is 3. The number of aromatic amines is 1. The van der Waals surface area contributed by atoms with Gasteiger partial charge < -0.3 is 10.1 Å². The van der Waals surface area contributed by atoms with Gasteiger partial charge >= 0.3 is 4.87 Å². The molecule has 2 unspecified atom stereocenters. The number of ether oxygens (including phenoxy) is 1. The molecule has 2 N–H and O–H groups in total. The normalized spacial score (nSPS) is 18.2. The molecule has 0 bridgehead atoms. The van der Waals surface area contributed by atoms with Gasteiger partial charge in [0.2, 0.25) is 10.0 Å². The number of hydrogen-bond acceptors (Lipinski definition) is 8. The van der Waals surface area contributed by atoms with Crippen LogP contribution in [0.25, 0.3) is 10.9 Å². The van der Waals surface area contributed by atoms with Gasteiger partial charge in [0.15, 0.2) is 0 Å². The molecule has 1 saturated heterocycles. The van der Waals surface area contributed by atoms with Gasteiger partial charge in [-0.1, -0.05) is 29.5 Å². The van der Waals surface area contributed by atoms with Crippen LogP contribution in [-0.4, -0.2) is 59.2 Å². The molecule has 2 aromatic carbocycles. The maximum absolute atomic E-state index is 13.0. The molecule has 192 valence electrons. The second kappa shape index (κ2) is 10.0. The number of aryl methyl sites for hydroxylation is 1. The zero-order valence-corrected chi connectivity index (χ0v) is 21.8. The molecule has 4 aromatic rings. The highest BCUT2D eigenvalue weighted by Gasteiger charge is 2.40. The summed E-state index contributed by atoms with van der Waals surface area (Å²) in [6.07, 6.45) is 1.12. The first kappa shape index (κ1) is 25.1. The minimum absolute atomic E-state index is 0.101. The lowest BCUT2D eigenvalue weighted by Gasteiger charge is -2.18. The van der Waals surface area contributed by atoms with E-state index in [9.17, 15) is 18.0 Å². The van der Waals surface area contributed by atoms with E-state index in [1.54, 1.807) is 24.3 Å². The van der Waals surface area contributed by atoms with Crippen LogP contribution in [0.1, 0.15) is 32.5 Å². The van der Waals surface area contributed by atoms with Crippen molar-refractivity contribution in [2.75, 3.05) is 19.3 Å². The summed E-state index contributed by atoms with van der Waals surface area (Å²) in [7, 11) is -3.47. The zero-order valence-electron chi connectivity index (χ0n) is 20.2. The summed E-state index contributed by atoms with van der Waals surface area (Å²) in [6.45, 7) is 2.54. The van der Waals surface area contributed by atoms with Crippen molar-refractivity contribution >= 4 is 38.2 Å². The van der Waals surface area contributed by atoms with Crippen molar-refractivity contribution in [3.05, 3.63) is 86.1 Å². The fraction of sp³-hybridized carbons (Fsp3) is 0.280. The number of amides is 1. The van der Waals surface area contributed by atoms with Crippen molar-refractivity contribution in [3.8, 4) is 5.75 Å². The summed E-state index contributed by atoms with van der Waals surface area (Å²) in [4.78, 5) is 28.8. The molecule has 37 heavy (non-hydrogen) atoms. The highest BCUT2D eigenvalue weighted by atomic mass is 32.2. The van der Waals surface area contributed by atoms with E-state index in [0.717, 1.165) is 39.8 Å². The average Bonchev–Trinajstić information content (AvgIpc) is 3.48. The van der Waals surface area contributed by atoms with Crippen LogP contribution in [0.5, 0.6) is 5.75 Å². The van der Waals surface area contributed by atoms with Crippen molar-refractivity contribution in [2.45, 2.75) is 25.5 Å². The number of H-pyrrole nitrogens is 1. The molecule has 3 heterocycles. The fourth-order valence-electron chi connectivity index (χ4n) is 4.46. The predicted octanol–water partition coefficient (Wildman–Crippen LogP) is 2.42. The number of carbonyl (C=O) groups excluding carboxylic acids is 1. The van der Waals surface area contributed by atoms with E-state index in [2.05, 4.69) is 20.5 Å². The SMILES string of the molecule is Cc1cc(COc2ccc(C(=O)NC3CN(S(C)(=O)=O)CC3c3n[nH]c(=O)s3)cc2)c2ccccc2n1. The van der Waals surface area contributed by atoms with E-state index >= 15 is 0 Å². The van der Waals surface area contributed by atoms with Gasteiger partial charge in [0.25, 0.3) is 5.91 Å². The van der Waals surface area contributed by atoms with Crippen LogP contribution in [0.15, 0.2) is 59.4 Å². The average molecular weight is 540 g/mol. The van der Waals surface area contributed by atoms with Gasteiger partial charge in [0.05, 0.1) is 17.8 Å². The predicted molar refractivity (Wildman–Crippen MR) is 140 cm³/mol. The molecule has 0 radical (unpaired) electrons. The molecule has 1 aliphatic heterocycles. The fourth-order valence-corrected chi connectivity index (χ4v) is 6.09. The minimum Gasteiger partial charge on any atom is -0.489 e. The summed E-state index contributed by atoms with van der Waals surface area (Å²) in [5.74, 6) is -0.169. The summed E-state index contributed by atoms with van der Waals surface area (Å²) in [5.41, 5.74) is 3.25. The number of sulfonamides is 1. The van der Waals surface area contributed by atoms with E-state index < -0.39 is 22.0 Å². The first-order valence-electron chi connectivity index (χ1n) is 11.6. The number of hydrogen-bond donors (Lipinski definition) is 2. The molecule has 12 heteroatoms. The second-order valence-electron chi connectivity index (χ2n) is 8.97. The standard InChI is InChI=1S/C25H25N5O5S2/c1-15-11-17(19-5-3-4-6-21(19)26-15)14-35-18-9-7-16(8-10-18)23(31)27-22-13-30(37(2,33)34)12-20(22)24-28-29-25(32)36-24/h3-11,20,22H,12-14H2,1-2H3,(H,27,31)(H,29,32). The van der Waals surface area contributed by atoms with Crippen LogP contribution in [0.3, 0.4) is 0 Å². The molecule has 0 aliphatic carbocycles. The van der Waals surface area contributed by atoms with Crippen LogP contribution in [0.4, 0.5) is 0 Å². The van der Waals surface area contributed by atoms with Gasteiger partial charge in [-0.05, 0) is 43.3 Å². The molecule has 5 rings (SSSR count). The Bertz CT molecular complexity index is 1610. The molecule has 1 aliphatic rings. The molecule has 2 atom stereocenters. The molecule has 0 saturated carbocycles. The first-order chi connectivity index (χ1) is 17.7. The second-order valence-corrected chi connectivity index (χ2v) is 11.9. The van der Waals surface area contributed by atoms with E-state index in [-0.39, 0.29) is 23.9 Å². The van der Waals surface area contributed by atoms with Crippen molar-refractivity contribution in [2.24, 2.45) is 0 Å². The highest BCUT2D eigenvalue weighted by Crippen LogP contribution is 2.29. The Morgan fingerprint density at radius 1 is 1.19 bits per heavy atom. The quantitative estimate of drug-likeness (QED) is 0.368. The minimum atomic E-state index is -3.47. The van der Waals surface area contributed by atoms with Crippen molar-refractivity contribution in [3.63, 3.8) is 0 Å². The van der Waals surface area contributed by atoms with Crippen molar-refractivity contribution in [1.82, 2.24) is 24.8 Å². The molecule has 2 aromatic heterocycles. The number of rotatable bonds is 7. The smallest absolute Gasteiger partial charge is 0.322 e. The number of pyridine rings is 1. The third-order valence-corrected chi connectivity index (χ3v) is 8.40. The lowest BCUT2D eigenvalue weighted by atomic mass is 10.0. The van der Waals surface area contributed by atoms with Crippen LogP contribution in [-0.2, 0) is 16.6 Å². The Labute approximate surface area is 217 Å². The maximum Gasteiger partial charge on any atom is 0.322 e. The van der Waals surface area contributed by atoms with Crippen LogP contribution in [0, 0.1) is 6.92 Å². The van der Waals surface area contributed by atoms with Gasteiger partial charge in [0.1, 0.15) is 17.4 Å². The topological polar surface area (TPSA) is 134 Å². The number of nitrogens with one attached hydrogen (secondary N) is 2. The van der Waals surface area contributed by atoms with E-state index in [0.29, 0.717) is 22.9 Å². The lowest BCUT2D eigenvalue weighted by Crippen LogP contribution is -2.40. The van der Waals surface area contributed by atoms with E-state index in [4.69, 9.17) is 4.74 Å². The Balaban J connectivity index is 1.27. The Morgan fingerprint density at radius 3 is 2.65 bits per heavy atom. The summed E-state index contributed by atoms with van der Waals surface area (Å²) >= 11 is 0.916. The Morgan fingerprint density at radius 2 is 1.95 bits per heavy atom. The van der Waals surface area contributed by atoms with Crippen molar-refractivity contribution < 1.29 is 17.9 Å². The summed E-state index contributed by atoms with van der Waals surface area (Å²) < 4.78 is 31.5. The molecular weight excluding hydrogens is 514 g/mol. The first-order valence-corrected chi connectivity index (χ1v) is 14.2. The van der Waals surface area contributed by atoms with E-state index in [1.165, 1.54) is 4.31 Å². The van der Waals surface area contributed by atoms with Gasteiger partial charge in [-0.3, -0.25) is 14.6 Å². The lowest BCUT2D eigenvalue weighted by molar-refractivity contribution is 0.0936. The van der Waals surface area contributed by atoms with Crippen molar-refractivity contribution in [1.29, 1.82) is 0 Å². The monoisotopic (exact) mass is 539 g/mol. The van der Waals surface area contributed by atoms with E-state index in [1.807, 2.05) is 37.3 Å². The van der Waals surface area contributed by atoms with Crippen LogP contribution >= 0.6 is 11.3 Å². The van der Waals surface area contributed by atoms with Crippen LogP contribution in [0.2, 0.25) is 0 Å². The number of carbonyl (C=O) groups is 1. The Kier molecular flexibility index (Phi) is 6.80. The van der Waals surface area contributed by atoms with Crippen LogP contribution < -0.4 is 14.9 Å². The third kappa shape index (κ3) is 5.55. The molecule has 1 amide bonds. The number of para-hydroxylation sites is 1. The molecular formula is C25H25N5O5S2. The largest absolute Gasteiger partial charge is 0.489 e. The number of benzene rings is 2. The van der Waals surface area contributed by atoms with Gasteiger partial charge in [0, 0.05) is 41.2 Å². The molecule has 10 nitrogen and oxygen atoms in total.